The topological polar surface area (TPSA) is 78.5 Å². The van der Waals surface area contributed by atoms with Gasteiger partial charge in [-0.3, -0.25) is 14.5 Å². The van der Waals surface area contributed by atoms with E-state index >= 15 is 0 Å². The van der Waals surface area contributed by atoms with Crippen LogP contribution in [0.2, 0.25) is 0 Å². The summed E-state index contributed by atoms with van der Waals surface area (Å²) in [5.41, 5.74) is -0.224. The van der Waals surface area contributed by atoms with Gasteiger partial charge >= 0.3 is 6.03 Å². The summed E-state index contributed by atoms with van der Waals surface area (Å²) >= 11 is 3.35. The van der Waals surface area contributed by atoms with Gasteiger partial charge in [0, 0.05) is 4.47 Å². The van der Waals surface area contributed by atoms with Crippen LogP contribution in [-0.4, -0.2) is 34.8 Å². The molecule has 1 aromatic rings. The molecule has 2 fully saturated rings. The number of halogens is 1. The second-order valence-corrected chi connectivity index (χ2v) is 7.32. The number of benzene rings is 1. The van der Waals surface area contributed by atoms with Crippen molar-refractivity contribution in [3.63, 3.8) is 0 Å². The fraction of sp³-hybridized carbons (Fsp3) is 0.471. The van der Waals surface area contributed by atoms with Gasteiger partial charge in [0.2, 0.25) is 5.91 Å². The summed E-state index contributed by atoms with van der Waals surface area (Å²) < 4.78 is 0.743. The SMILES string of the molecule is C[C@@H]1CCCC[C@@]12NC(=O)N(CC(=O)Nc1ccccc1Br)C2=O. The summed E-state index contributed by atoms with van der Waals surface area (Å²) in [6, 6.07) is 6.72. The van der Waals surface area contributed by atoms with Crippen molar-refractivity contribution in [2.45, 2.75) is 38.1 Å². The minimum atomic E-state index is -0.830. The van der Waals surface area contributed by atoms with Crippen LogP contribution in [0, 0.1) is 5.92 Å². The fourth-order valence-corrected chi connectivity index (χ4v) is 3.92. The van der Waals surface area contributed by atoms with E-state index < -0.39 is 17.5 Å². The van der Waals surface area contributed by atoms with E-state index in [1.54, 1.807) is 12.1 Å². The molecule has 7 heteroatoms. The Bertz CT molecular complexity index is 693. The number of rotatable bonds is 3. The Morgan fingerprint density at radius 1 is 1.38 bits per heavy atom. The highest BCUT2D eigenvalue weighted by Gasteiger charge is 2.55. The van der Waals surface area contributed by atoms with Gasteiger partial charge in [0.1, 0.15) is 12.1 Å². The lowest BCUT2D eigenvalue weighted by Crippen LogP contribution is -2.54. The molecular formula is C17H20BrN3O3. The zero-order valence-corrected chi connectivity index (χ0v) is 15.1. The highest BCUT2D eigenvalue weighted by molar-refractivity contribution is 9.10. The van der Waals surface area contributed by atoms with Gasteiger partial charge in [-0.1, -0.05) is 31.9 Å². The molecule has 4 amide bonds. The number of para-hydroxylation sites is 1. The summed E-state index contributed by atoms with van der Waals surface area (Å²) in [5.74, 6) is -0.591. The summed E-state index contributed by atoms with van der Waals surface area (Å²) in [6.45, 7) is 1.71. The molecule has 3 rings (SSSR count). The molecule has 1 aromatic carbocycles. The average Bonchev–Trinajstić information content (AvgIpc) is 2.78. The van der Waals surface area contributed by atoms with Crippen LogP contribution in [0.4, 0.5) is 10.5 Å². The van der Waals surface area contributed by atoms with Crippen LogP contribution in [0.3, 0.4) is 0 Å². The first-order valence-electron chi connectivity index (χ1n) is 8.12. The number of nitrogens with one attached hydrogen (secondary N) is 2. The molecule has 0 aromatic heterocycles. The number of amides is 4. The normalized spacial score (nSPS) is 26.6. The van der Waals surface area contributed by atoms with Crippen LogP contribution in [-0.2, 0) is 9.59 Å². The Balaban J connectivity index is 1.71. The van der Waals surface area contributed by atoms with E-state index in [0.29, 0.717) is 12.1 Å². The van der Waals surface area contributed by atoms with E-state index in [0.717, 1.165) is 28.6 Å². The van der Waals surface area contributed by atoms with E-state index in [9.17, 15) is 14.4 Å². The van der Waals surface area contributed by atoms with E-state index in [2.05, 4.69) is 26.6 Å². The predicted molar refractivity (Wildman–Crippen MR) is 93.4 cm³/mol. The highest BCUT2D eigenvalue weighted by Crippen LogP contribution is 2.38. The lowest BCUT2D eigenvalue weighted by Gasteiger charge is -2.36. The molecule has 1 aliphatic heterocycles. The minimum Gasteiger partial charge on any atom is -0.324 e. The Morgan fingerprint density at radius 3 is 2.83 bits per heavy atom. The third-order valence-electron chi connectivity index (χ3n) is 4.95. The third kappa shape index (κ3) is 2.92. The van der Waals surface area contributed by atoms with Crippen molar-refractivity contribution < 1.29 is 14.4 Å². The van der Waals surface area contributed by atoms with E-state index in [4.69, 9.17) is 0 Å². The Morgan fingerprint density at radius 2 is 2.12 bits per heavy atom. The van der Waals surface area contributed by atoms with Crippen molar-refractivity contribution in [3.8, 4) is 0 Å². The third-order valence-corrected chi connectivity index (χ3v) is 5.64. The van der Waals surface area contributed by atoms with Gasteiger partial charge in [-0.25, -0.2) is 4.79 Å². The molecule has 1 saturated carbocycles. The average molecular weight is 394 g/mol. The molecule has 0 unspecified atom stereocenters. The van der Waals surface area contributed by atoms with E-state index in [1.807, 2.05) is 19.1 Å². The number of urea groups is 1. The first-order valence-corrected chi connectivity index (χ1v) is 8.92. The molecule has 2 aliphatic rings. The zero-order chi connectivity index (χ0) is 17.3. The summed E-state index contributed by atoms with van der Waals surface area (Å²) in [4.78, 5) is 38.4. The van der Waals surface area contributed by atoms with Crippen LogP contribution in [0.25, 0.3) is 0 Å². The molecule has 2 atom stereocenters. The second kappa shape index (κ2) is 6.55. The van der Waals surface area contributed by atoms with Gasteiger partial charge in [-0.15, -0.1) is 0 Å². The number of imide groups is 1. The molecule has 0 radical (unpaired) electrons. The lowest BCUT2D eigenvalue weighted by atomic mass is 9.73. The Hall–Kier alpha value is -1.89. The van der Waals surface area contributed by atoms with Gasteiger partial charge < -0.3 is 10.6 Å². The van der Waals surface area contributed by atoms with Crippen LogP contribution in [0.5, 0.6) is 0 Å². The molecule has 128 valence electrons. The molecule has 2 N–H and O–H groups in total. The van der Waals surface area contributed by atoms with Gasteiger partial charge in [-0.2, -0.15) is 0 Å². The molecule has 1 aliphatic carbocycles. The van der Waals surface area contributed by atoms with Gasteiger partial charge in [0.15, 0.2) is 0 Å². The van der Waals surface area contributed by atoms with E-state index in [1.165, 1.54) is 0 Å². The maximum Gasteiger partial charge on any atom is 0.325 e. The number of hydrogen-bond acceptors (Lipinski definition) is 3. The Labute approximate surface area is 149 Å². The standard InChI is InChI=1S/C17H20BrN3O3/c1-11-6-4-5-9-17(11)15(23)21(16(24)20-17)10-14(22)19-13-8-3-2-7-12(13)18/h2-3,7-8,11H,4-6,9-10H2,1H3,(H,19,22)(H,20,24)/t11-,17-/m1/s1. The van der Waals surface area contributed by atoms with Crippen molar-refractivity contribution in [1.29, 1.82) is 0 Å². The monoisotopic (exact) mass is 393 g/mol. The summed E-state index contributed by atoms with van der Waals surface area (Å²) in [6.07, 6.45) is 3.52. The summed E-state index contributed by atoms with van der Waals surface area (Å²) in [5, 5.41) is 5.57. The Kier molecular flexibility index (Phi) is 4.62. The van der Waals surface area contributed by atoms with Crippen molar-refractivity contribution in [2.24, 2.45) is 5.92 Å². The van der Waals surface area contributed by atoms with E-state index in [-0.39, 0.29) is 18.4 Å². The van der Waals surface area contributed by atoms with Crippen LogP contribution >= 0.6 is 15.9 Å². The predicted octanol–water partition coefficient (Wildman–Crippen LogP) is 2.89. The largest absolute Gasteiger partial charge is 0.325 e. The molecule has 0 bridgehead atoms. The lowest BCUT2D eigenvalue weighted by molar-refractivity contribution is -0.136. The van der Waals surface area contributed by atoms with Gasteiger partial charge in [0.05, 0.1) is 5.69 Å². The number of hydrogen-bond donors (Lipinski definition) is 2. The first kappa shape index (κ1) is 17.0. The number of nitrogens with zero attached hydrogens (tertiary/aromatic N) is 1. The second-order valence-electron chi connectivity index (χ2n) is 6.47. The molecule has 6 nitrogen and oxygen atoms in total. The first-order chi connectivity index (χ1) is 11.4. The number of carbonyl (C=O) groups is 3. The fourth-order valence-electron chi connectivity index (χ4n) is 3.53. The highest BCUT2D eigenvalue weighted by atomic mass is 79.9. The quantitative estimate of drug-likeness (QED) is 0.774. The minimum absolute atomic E-state index is 0.0824. The van der Waals surface area contributed by atoms with Crippen molar-refractivity contribution >= 4 is 39.5 Å². The molecule has 1 saturated heterocycles. The molecule has 1 spiro atoms. The number of carbonyl (C=O) groups excluding carboxylic acids is 3. The van der Waals surface area contributed by atoms with Crippen LogP contribution in [0.15, 0.2) is 28.7 Å². The zero-order valence-electron chi connectivity index (χ0n) is 13.5. The van der Waals surface area contributed by atoms with Crippen molar-refractivity contribution in [2.75, 3.05) is 11.9 Å². The number of anilines is 1. The summed E-state index contributed by atoms with van der Waals surface area (Å²) in [7, 11) is 0. The van der Waals surface area contributed by atoms with Crippen molar-refractivity contribution in [3.05, 3.63) is 28.7 Å². The maximum atomic E-state index is 12.8. The van der Waals surface area contributed by atoms with Crippen LogP contribution < -0.4 is 10.6 Å². The molecule has 1 heterocycles. The van der Waals surface area contributed by atoms with Gasteiger partial charge in [-0.05, 0) is 46.8 Å². The molecule has 24 heavy (non-hydrogen) atoms. The smallest absolute Gasteiger partial charge is 0.324 e. The van der Waals surface area contributed by atoms with Crippen LogP contribution in [0.1, 0.15) is 32.6 Å². The maximum absolute atomic E-state index is 12.8. The molecular weight excluding hydrogens is 374 g/mol. The van der Waals surface area contributed by atoms with Gasteiger partial charge in [0.25, 0.3) is 5.91 Å². The van der Waals surface area contributed by atoms with Crippen molar-refractivity contribution in [1.82, 2.24) is 10.2 Å².